The van der Waals surface area contributed by atoms with Crippen LogP contribution in [0.2, 0.25) is 0 Å². The van der Waals surface area contributed by atoms with E-state index in [1.807, 2.05) is 44.2 Å². The van der Waals surface area contributed by atoms with Crippen molar-refractivity contribution in [3.63, 3.8) is 0 Å². The van der Waals surface area contributed by atoms with Crippen molar-refractivity contribution in [2.75, 3.05) is 7.11 Å². The van der Waals surface area contributed by atoms with E-state index in [4.69, 9.17) is 18.8 Å². The van der Waals surface area contributed by atoms with E-state index in [0.29, 0.717) is 5.41 Å². The highest BCUT2D eigenvalue weighted by Gasteiger charge is 2.45. The third-order valence-electron chi connectivity index (χ3n) is 3.52. The lowest BCUT2D eigenvalue weighted by molar-refractivity contribution is -0.0694. The summed E-state index contributed by atoms with van der Waals surface area (Å²) in [6, 6.07) is 9.52. The fourth-order valence-electron chi connectivity index (χ4n) is 2.65. The van der Waals surface area contributed by atoms with Crippen LogP contribution in [0.25, 0.3) is 0 Å². The first-order valence-corrected chi connectivity index (χ1v) is 8.86. The highest BCUT2D eigenvalue weighted by atomic mass is 32.2. The first kappa shape index (κ1) is 18.1. The van der Waals surface area contributed by atoms with Gasteiger partial charge in [0.2, 0.25) is 0 Å². The molecule has 1 saturated heterocycles. The van der Waals surface area contributed by atoms with Crippen molar-refractivity contribution in [3.05, 3.63) is 47.4 Å². The van der Waals surface area contributed by atoms with Gasteiger partial charge in [-0.15, -0.1) is 0 Å². The highest BCUT2D eigenvalue weighted by Crippen LogP contribution is 2.38. The minimum Gasteiger partial charge on any atom is -0.376 e. The molecule has 0 spiro atoms. The molecule has 0 radical (unpaired) electrons. The van der Waals surface area contributed by atoms with Gasteiger partial charge in [0.15, 0.2) is 0 Å². The van der Waals surface area contributed by atoms with Gasteiger partial charge in [-0.05, 0) is 25.5 Å². The molecule has 7 heteroatoms. The first-order chi connectivity index (χ1) is 10.8. The second-order valence-electron chi connectivity index (χ2n) is 5.63. The summed E-state index contributed by atoms with van der Waals surface area (Å²) < 4.78 is 48.2. The van der Waals surface area contributed by atoms with Gasteiger partial charge >= 0.3 is 0 Å². The molecule has 1 aromatic rings. The van der Waals surface area contributed by atoms with Crippen LogP contribution in [0.1, 0.15) is 25.5 Å². The van der Waals surface area contributed by atoms with Crippen molar-refractivity contribution in [1.29, 1.82) is 0 Å². The number of methoxy groups -OCH3 is 1. The first-order valence-electron chi connectivity index (χ1n) is 7.36. The smallest absolute Gasteiger partial charge is 0.287 e. The van der Waals surface area contributed by atoms with Crippen LogP contribution in [-0.2, 0) is 24.3 Å². The van der Waals surface area contributed by atoms with Gasteiger partial charge in [0.25, 0.3) is 10.1 Å². The lowest BCUT2D eigenvalue weighted by Gasteiger charge is -2.24. The minimum absolute atomic E-state index is 0.0857. The molecule has 0 aromatic heterocycles. The molecule has 2 rings (SSSR count). The maximum absolute atomic E-state index is 11.0. The van der Waals surface area contributed by atoms with E-state index in [1.165, 1.54) is 6.08 Å². The molecular formula is C16H22O6S. The molecule has 128 valence electrons. The Morgan fingerprint density at radius 2 is 1.87 bits per heavy atom. The van der Waals surface area contributed by atoms with E-state index >= 15 is 0 Å². The van der Waals surface area contributed by atoms with E-state index in [9.17, 15) is 8.42 Å². The SMILES string of the molecule is CO[C@@H]1[C@H](OC(C)C)[C@@H](/C=C/S(=O)(=O)O)O[C@H]1c1ccccc1. The maximum atomic E-state index is 11.0. The normalized spacial score (nSPS) is 28.7. The summed E-state index contributed by atoms with van der Waals surface area (Å²) in [5, 5.41) is 0.717. The van der Waals surface area contributed by atoms with Gasteiger partial charge in [0.1, 0.15) is 24.4 Å². The number of ether oxygens (including phenoxy) is 3. The van der Waals surface area contributed by atoms with Crippen molar-refractivity contribution in [2.24, 2.45) is 0 Å². The summed E-state index contributed by atoms with van der Waals surface area (Å²) in [6.45, 7) is 3.76. The largest absolute Gasteiger partial charge is 0.376 e. The fraction of sp³-hybridized carbons (Fsp3) is 0.500. The van der Waals surface area contributed by atoms with Gasteiger partial charge < -0.3 is 14.2 Å². The Hall–Kier alpha value is -1.25. The molecule has 0 saturated carbocycles. The summed E-state index contributed by atoms with van der Waals surface area (Å²) in [5.74, 6) is 0. The van der Waals surface area contributed by atoms with Crippen molar-refractivity contribution in [2.45, 2.75) is 44.4 Å². The topological polar surface area (TPSA) is 82.1 Å². The van der Waals surface area contributed by atoms with Crippen molar-refractivity contribution < 1.29 is 27.2 Å². The van der Waals surface area contributed by atoms with Crippen LogP contribution in [0.4, 0.5) is 0 Å². The van der Waals surface area contributed by atoms with Gasteiger partial charge in [-0.3, -0.25) is 4.55 Å². The Kier molecular flexibility index (Phi) is 5.94. The number of rotatable bonds is 6. The van der Waals surface area contributed by atoms with Gasteiger partial charge in [0.05, 0.1) is 11.5 Å². The molecule has 1 heterocycles. The van der Waals surface area contributed by atoms with Gasteiger partial charge in [-0.1, -0.05) is 30.3 Å². The molecule has 0 bridgehead atoms. The van der Waals surface area contributed by atoms with Crippen LogP contribution in [0.15, 0.2) is 41.8 Å². The minimum atomic E-state index is -4.23. The van der Waals surface area contributed by atoms with Crippen LogP contribution < -0.4 is 0 Å². The maximum Gasteiger partial charge on any atom is 0.287 e. The molecule has 1 aliphatic rings. The standard InChI is InChI=1S/C16H22O6S/c1-11(2)21-15-13(9-10-23(17,18)19)22-14(16(15)20-3)12-7-5-4-6-8-12/h4-11,13-16H,1-3H3,(H,17,18,19)/b10-9+/t13-,14+,15-,16+/m1/s1. The Morgan fingerprint density at radius 3 is 2.39 bits per heavy atom. The zero-order valence-electron chi connectivity index (χ0n) is 13.3. The number of hydrogen-bond donors (Lipinski definition) is 1. The molecule has 1 N–H and O–H groups in total. The Bertz CT molecular complexity index is 625. The van der Waals surface area contributed by atoms with Crippen molar-refractivity contribution >= 4 is 10.1 Å². The lowest BCUT2D eigenvalue weighted by Crippen LogP contribution is -2.36. The predicted octanol–water partition coefficient (Wildman–Crippen LogP) is 2.34. The molecule has 1 fully saturated rings. The average Bonchev–Trinajstić information content (AvgIpc) is 2.82. The van der Waals surface area contributed by atoms with E-state index in [-0.39, 0.29) is 12.2 Å². The average molecular weight is 342 g/mol. The zero-order chi connectivity index (χ0) is 17.0. The second kappa shape index (κ2) is 7.55. The van der Waals surface area contributed by atoms with Gasteiger partial charge in [-0.2, -0.15) is 8.42 Å². The van der Waals surface area contributed by atoms with E-state index in [2.05, 4.69) is 0 Å². The Labute approximate surface area is 136 Å². The van der Waals surface area contributed by atoms with Crippen LogP contribution >= 0.6 is 0 Å². The fourth-order valence-corrected chi connectivity index (χ4v) is 3.01. The summed E-state index contributed by atoms with van der Waals surface area (Å²) in [7, 11) is -2.66. The molecule has 1 aromatic carbocycles. The molecule has 0 unspecified atom stereocenters. The van der Waals surface area contributed by atoms with Gasteiger partial charge in [0, 0.05) is 7.11 Å². The molecule has 23 heavy (non-hydrogen) atoms. The monoisotopic (exact) mass is 342 g/mol. The summed E-state index contributed by atoms with van der Waals surface area (Å²) in [4.78, 5) is 0. The second-order valence-corrected chi connectivity index (χ2v) is 6.93. The van der Waals surface area contributed by atoms with Crippen molar-refractivity contribution in [1.82, 2.24) is 0 Å². The van der Waals surface area contributed by atoms with Crippen LogP contribution in [0.3, 0.4) is 0 Å². The van der Waals surface area contributed by atoms with Crippen molar-refractivity contribution in [3.8, 4) is 0 Å². The van der Waals surface area contributed by atoms with Crippen LogP contribution in [0.5, 0.6) is 0 Å². The lowest BCUT2D eigenvalue weighted by atomic mass is 10.0. The quantitative estimate of drug-likeness (QED) is 0.799. The van der Waals surface area contributed by atoms with Crippen LogP contribution in [0, 0.1) is 0 Å². The molecule has 0 aliphatic carbocycles. The third-order valence-corrected chi connectivity index (χ3v) is 4.02. The van der Waals surface area contributed by atoms with Crippen LogP contribution in [-0.4, -0.2) is 44.5 Å². The summed E-state index contributed by atoms with van der Waals surface area (Å²) >= 11 is 0. The summed E-state index contributed by atoms with van der Waals surface area (Å²) in [6.07, 6.45) is -0.705. The Balaban J connectivity index is 2.31. The Morgan fingerprint density at radius 1 is 1.22 bits per heavy atom. The predicted molar refractivity (Wildman–Crippen MR) is 85.6 cm³/mol. The molecular weight excluding hydrogens is 320 g/mol. The zero-order valence-corrected chi connectivity index (χ0v) is 14.1. The molecule has 6 nitrogen and oxygen atoms in total. The number of hydrogen-bond acceptors (Lipinski definition) is 5. The van der Waals surface area contributed by atoms with E-state index in [0.717, 1.165) is 5.56 Å². The molecule has 4 atom stereocenters. The van der Waals surface area contributed by atoms with E-state index in [1.54, 1.807) is 7.11 Å². The molecule has 0 amide bonds. The van der Waals surface area contributed by atoms with E-state index < -0.39 is 28.4 Å². The molecule has 1 aliphatic heterocycles. The number of benzene rings is 1. The third kappa shape index (κ3) is 4.86. The highest BCUT2D eigenvalue weighted by molar-refractivity contribution is 7.88. The summed E-state index contributed by atoms with van der Waals surface area (Å²) in [5.41, 5.74) is 0.916. The van der Waals surface area contributed by atoms with Gasteiger partial charge in [-0.25, -0.2) is 0 Å².